The fourth-order valence-corrected chi connectivity index (χ4v) is 4.71. The number of nitrogens with zero attached hydrogens (tertiary/aromatic N) is 4. The Hall–Kier alpha value is -4.05. The Kier molecular flexibility index (Phi) is 4.43. The van der Waals surface area contributed by atoms with Gasteiger partial charge in [0.15, 0.2) is 0 Å². The number of aryl methyl sites for hydroxylation is 1. The number of pyridine rings is 3. The Balaban J connectivity index is 1.57. The van der Waals surface area contributed by atoms with Gasteiger partial charge in [-0.15, -0.1) is 0 Å². The van der Waals surface area contributed by atoms with Crippen LogP contribution in [0.1, 0.15) is 17.0 Å². The number of hydrogen-bond donors (Lipinski definition) is 0. The first-order chi connectivity index (χ1) is 15.8. The van der Waals surface area contributed by atoms with Gasteiger partial charge in [0.25, 0.3) is 0 Å². The molecule has 0 spiro atoms. The highest BCUT2D eigenvalue weighted by Gasteiger charge is 2.37. The van der Waals surface area contributed by atoms with E-state index in [1.54, 1.807) is 0 Å². The van der Waals surface area contributed by atoms with Crippen LogP contribution in [-0.2, 0) is 0 Å². The van der Waals surface area contributed by atoms with Crippen molar-refractivity contribution in [3.63, 3.8) is 0 Å². The molecule has 0 radical (unpaired) electrons. The summed E-state index contributed by atoms with van der Waals surface area (Å²) in [5, 5.41) is 0. The number of rotatable bonds is 3. The minimum absolute atomic E-state index is 0.229. The van der Waals surface area contributed by atoms with Crippen LogP contribution in [0.3, 0.4) is 0 Å². The second-order valence-corrected chi connectivity index (χ2v) is 8.24. The molecule has 1 aliphatic carbocycles. The summed E-state index contributed by atoms with van der Waals surface area (Å²) in [6.45, 7) is 2.16. The highest BCUT2D eigenvalue weighted by atomic mass is 15.2. The van der Waals surface area contributed by atoms with Crippen LogP contribution in [0, 0.1) is 6.92 Å². The highest BCUT2D eigenvalue weighted by molar-refractivity contribution is 5.80. The van der Waals surface area contributed by atoms with Gasteiger partial charge in [-0.05, 0) is 55.0 Å². The molecule has 0 saturated heterocycles. The zero-order chi connectivity index (χ0) is 21.5. The second-order valence-electron chi connectivity index (χ2n) is 8.24. The Morgan fingerprint density at radius 3 is 2.06 bits per heavy atom. The van der Waals surface area contributed by atoms with Crippen LogP contribution in [0.15, 0.2) is 103 Å². The van der Waals surface area contributed by atoms with Crippen molar-refractivity contribution in [1.82, 2.24) is 15.0 Å². The minimum Gasteiger partial charge on any atom is -0.333 e. The van der Waals surface area contributed by atoms with Crippen molar-refractivity contribution in [1.29, 1.82) is 0 Å². The summed E-state index contributed by atoms with van der Waals surface area (Å²) >= 11 is 0. The van der Waals surface area contributed by atoms with Crippen LogP contribution in [0.2, 0.25) is 0 Å². The van der Waals surface area contributed by atoms with Crippen molar-refractivity contribution in [2.75, 3.05) is 4.90 Å². The van der Waals surface area contributed by atoms with E-state index < -0.39 is 0 Å². The molecule has 4 aromatic rings. The van der Waals surface area contributed by atoms with E-state index in [-0.39, 0.29) is 6.04 Å². The highest BCUT2D eigenvalue weighted by Crippen LogP contribution is 2.48. The van der Waals surface area contributed by atoms with Gasteiger partial charge in [0, 0.05) is 29.7 Å². The molecule has 2 aliphatic rings. The van der Waals surface area contributed by atoms with Crippen LogP contribution >= 0.6 is 0 Å². The molecule has 32 heavy (non-hydrogen) atoms. The van der Waals surface area contributed by atoms with Crippen molar-refractivity contribution in [2.24, 2.45) is 0 Å². The van der Waals surface area contributed by atoms with Gasteiger partial charge in [0.05, 0.1) is 28.8 Å². The van der Waals surface area contributed by atoms with E-state index in [9.17, 15) is 0 Å². The Morgan fingerprint density at radius 1 is 0.719 bits per heavy atom. The van der Waals surface area contributed by atoms with Gasteiger partial charge in [0.1, 0.15) is 0 Å². The molecule has 6 rings (SSSR count). The van der Waals surface area contributed by atoms with Crippen molar-refractivity contribution in [3.8, 4) is 22.8 Å². The average Bonchev–Trinajstić information content (AvgIpc) is 3.18. The SMILES string of the molecule is Cc1ccc2c(c1)C1C=CC=CC1N2c1cc(-c2ccccn2)nc(-c2ccccn2)c1. The minimum atomic E-state index is 0.229. The average molecular weight is 415 g/mol. The third-order valence-electron chi connectivity index (χ3n) is 6.15. The number of hydrogen-bond acceptors (Lipinski definition) is 4. The first-order valence-corrected chi connectivity index (χ1v) is 10.9. The van der Waals surface area contributed by atoms with Crippen LogP contribution < -0.4 is 4.90 Å². The fourth-order valence-electron chi connectivity index (χ4n) is 4.71. The second kappa shape index (κ2) is 7.57. The van der Waals surface area contributed by atoms with Gasteiger partial charge in [-0.3, -0.25) is 9.97 Å². The lowest BCUT2D eigenvalue weighted by Crippen LogP contribution is -2.28. The summed E-state index contributed by atoms with van der Waals surface area (Å²) in [5.74, 6) is 0.333. The summed E-state index contributed by atoms with van der Waals surface area (Å²) in [7, 11) is 0. The van der Waals surface area contributed by atoms with E-state index in [2.05, 4.69) is 76.4 Å². The molecule has 154 valence electrons. The molecule has 2 atom stereocenters. The predicted molar refractivity (Wildman–Crippen MR) is 129 cm³/mol. The van der Waals surface area contributed by atoms with Crippen molar-refractivity contribution in [3.05, 3.63) is 115 Å². The van der Waals surface area contributed by atoms with Gasteiger partial charge < -0.3 is 4.90 Å². The Morgan fingerprint density at radius 2 is 1.41 bits per heavy atom. The van der Waals surface area contributed by atoms with E-state index in [0.717, 1.165) is 28.5 Å². The molecule has 2 unspecified atom stereocenters. The van der Waals surface area contributed by atoms with E-state index in [1.807, 2.05) is 48.8 Å². The Bertz CT molecular complexity index is 1280. The molecule has 0 amide bonds. The van der Waals surface area contributed by atoms with Gasteiger partial charge in [0.2, 0.25) is 0 Å². The van der Waals surface area contributed by atoms with Gasteiger partial charge in [-0.2, -0.15) is 0 Å². The number of benzene rings is 1. The summed E-state index contributed by atoms with van der Waals surface area (Å²) in [6, 6.07) is 23.1. The van der Waals surface area contributed by atoms with Crippen molar-refractivity contribution in [2.45, 2.75) is 18.9 Å². The third kappa shape index (κ3) is 3.12. The number of aromatic nitrogens is 3. The maximum absolute atomic E-state index is 4.94. The summed E-state index contributed by atoms with van der Waals surface area (Å²) in [5.41, 5.74) is 8.38. The zero-order valence-corrected chi connectivity index (χ0v) is 17.8. The monoisotopic (exact) mass is 414 g/mol. The van der Waals surface area contributed by atoms with Crippen LogP contribution in [0.25, 0.3) is 22.8 Å². The summed E-state index contributed by atoms with van der Waals surface area (Å²) < 4.78 is 0. The van der Waals surface area contributed by atoms with Crippen LogP contribution in [0.5, 0.6) is 0 Å². The first kappa shape index (κ1) is 18.7. The molecule has 1 aliphatic heterocycles. The molecular weight excluding hydrogens is 392 g/mol. The molecule has 4 heterocycles. The molecule has 0 fully saturated rings. The lowest BCUT2D eigenvalue weighted by molar-refractivity contribution is 0.744. The molecule has 4 nitrogen and oxygen atoms in total. The van der Waals surface area contributed by atoms with Crippen molar-refractivity contribution < 1.29 is 0 Å². The third-order valence-corrected chi connectivity index (χ3v) is 6.15. The molecular formula is C28H22N4. The first-order valence-electron chi connectivity index (χ1n) is 10.9. The van der Waals surface area contributed by atoms with E-state index >= 15 is 0 Å². The van der Waals surface area contributed by atoms with Gasteiger partial charge in [-0.25, -0.2) is 4.98 Å². The number of anilines is 2. The lowest BCUT2D eigenvalue weighted by Gasteiger charge is -2.29. The lowest BCUT2D eigenvalue weighted by atomic mass is 9.91. The van der Waals surface area contributed by atoms with E-state index in [4.69, 9.17) is 4.98 Å². The largest absolute Gasteiger partial charge is 0.333 e. The topological polar surface area (TPSA) is 41.9 Å². The number of fused-ring (bicyclic) bond motifs is 3. The van der Waals surface area contributed by atoms with Gasteiger partial charge >= 0.3 is 0 Å². The van der Waals surface area contributed by atoms with Crippen molar-refractivity contribution >= 4 is 11.4 Å². The summed E-state index contributed by atoms with van der Waals surface area (Å²) in [4.78, 5) is 16.5. The smallest absolute Gasteiger partial charge is 0.0915 e. The molecule has 3 aromatic heterocycles. The summed E-state index contributed by atoms with van der Waals surface area (Å²) in [6.07, 6.45) is 12.5. The predicted octanol–water partition coefficient (Wildman–Crippen LogP) is 6.24. The standard InChI is InChI=1S/C28H22N4/c1-19-12-13-28-22(16-19)21-8-2-3-11-27(21)32(28)20-17-25(23-9-4-6-14-29-23)31-26(18-20)24-10-5-7-15-30-24/h2-18,21,27H,1H3. The molecule has 0 saturated carbocycles. The van der Waals surface area contributed by atoms with Crippen LogP contribution in [-0.4, -0.2) is 21.0 Å². The molecule has 1 aromatic carbocycles. The fraction of sp³-hybridized carbons (Fsp3) is 0.107. The molecule has 0 N–H and O–H groups in total. The molecule has 4 heteroatoms. The van der Waals surface area contributed by atoms with Crippen LogP contribution in [0.4, 0.5) is 11.4 Å². The maximum Gasteiger partial charge on any atom is 0.0915 e. The quantitative estimate of drug-likeness (QED) is 0.398. The maximum atomic E-state index is 4.94. The normalized spacial score (nSPS) is 18.5. The zero-order valence-electron chi connectivity index (χ0n) is 17.8. The Labute approximate surface area is 187 Å². The van der Waals surface area contributed by atoms with Gasteiger partial charge in [-0.1, -0.05) is 54.1 Å². The van der Waals surface area contributed by atoms with E-state index in [1.165, 1.54) is 16.8 Å². The van der Waals surface area contributed by atoms with E-state index in [0.29, 0.717) is 5.92 Å². The number of allylic oxidation sites excluding steroid dienone is 2. The molecule has 0 bridgehead atoms.